The molecular weight excluding hydrogens is 396 g/mol. The Balaban J connectivity index is 1.59. The van der Waals surface area contributed by atoms with Gasteiger partial charge in [-0.2, -0.15) is 0 Å². The van der Waals surface area contributed by atoms with Crippen molar-refractivity contribution in [3.63, 3.8) is 0 Å². The molecule has 7 nitrogen and oxygen atoms in total. The van der Waals surface area contributed by atoms with Crippen LogP contribution in [0.15, 0.2) is 48.5 Å². The van der Waals surface area contributed by atoms with E-state index in [1.54, 1.807) is 18.2 Å². The number of phenolic OH excluding ortho intramolecular Hbond substituents is 1. The molecule has 1 heterocycles. The molecule has 1 aliphatic heterocycles. The molecule has 2 atom stereocenters. The summed E-state index contributed by atoms with van der Waals surface area (Å²) in [5.41, 5.74) is 1.87. The van der Waals surface area contributed by atoms with Crippen LogP contribution in [0.2, 0.25) is 0 Å². The summed E-state index contributed by atoms with van der Waals surface area (Å²) >= 11 is 0. The fraction of sp³-hybridized carbons (Fsp3) is 0.417. The maximum absolute atomic E-state index is 12.9. The second kappa shape index (κ2) is 10.8. The van der Waals surface area contributed by atoms with E-state index in [4.69, 9.17) is 4.74 Å². The first kappa shape index (κ1) is 22.6. The van der Waals surface area contributed by atoms with Crippen LogP contribution >= 0.6 is 0 Å². The van der Waals surface area contributed by atoms with Crippen molar-refractivity contribution >= 4 is 12.3 Å². The first-order valence-corrected chi connectivity index (χ1v) is 10.7. The number of carbonyl (C=O) groups excluding carboxylic acids is 2. The summed E-state index contributed by atoms with van der Waals surface area (Å²) in [5.74, 6) is 0.657. The minimum atomic E-state index is -0.369. The second-order valence-electron chi connectivity index (χ2n) is 8.06. The predicted molar refractivity (Wildman–Crippen MR) is 115 cm³/mol. The lowest BCUT2D eigenvalue weighted by atomic mass is 9.90. The summed E-state index contributed by atoms with van der Waals surface area (Å²) in [6.07, 6.45) is 3.30. The van der Waals surface area contributed by atoms with Crippen molar-refractivity contribution in [1.82, 2.24) is 9.96 Å². The molecule has 2 amide bonds. The summed E-state index contributed by atoms with van der Waals surface area (Å²) in [5, 5.41) is 19.7. The Morgan fingerprint density at radius 2 is 1.97 bits per heavy atom. The number of hydroxylamine groups is 2. The minimum absolute atomic E-state index is 0.0220. The summed E-state index contributed by atoms with van der Waals surface area (Å²) in [7, 11) is 0. The molecule has 1 fully saturated rings. The van der Waals surface area contributed by atoms with E-state index in [2.05, 4.69) is 6.92 Å². The molecule has 0 spiro atoms. The van der Waals surface area contributed by atoms with E-state index in [-0.39, 0.29) is 30.0 Å². The number of aromatic hydroxyl groups is 1. The van der Waals surface area contributed by atoms with Gasteiger partial charge >= 0.3 is 0 Å². The molecule has 0 radical (unpaired) electrons. The number of nitrogens with zero attached hydrogens (tertiary/aromatic N) is 2. The predicted octanol–water partition coefficient (Wildman–Crippen LogP) is 3.58. The van der Waals surface area contributed by atoms with Gasteiger partial charge in [0.15, 0.2) is 0 Å². The molecule has 31 heavy (non-hydrogen) atoms. The number of phenols is 1. The van der Waals surface area contributed by atoms with Crippen LogP contribution in [-0.4, -0.2) is 45.7 Å². The van der Waals surface area contributed by atoms with E-state index < -0.39 is 0 Å². The number of benzene rings is 2. The quantitative estimate of drug-likeness (QED) is 0.326. The smallest absolute Gasteiger partial charge is 0.233 e. The molecule has 1 saturated heterocycles. The third-order valence-electron chi connectivity index (χ3n) is 5.70. The lowest BCUT2D eigenvalue weighted by Gasteiger charge is -2.19. The fourth-order valence-electron chi connectivity index (χ4n) is 4.03. The molecule has 2 N–H and O–H groups in total. The van der Waals surface area contributed by atoms with Gasteiger partial charge in [-0.3, -0.25) is 14.8 Å². The molecule has 166 valence electrons. The average molecular weight is 427 g/mol. The first-order valence-electron chi connectivity index (χ1n) is 10.7. The van der Waals surface area contributed by atoms with Gasteiger partial charge in [0.1, 0.15) is 18.1 Å². The topological polar surface area (TPSA) is 90.3 Å². The van der Waals surface area contributed by atoms with Gasteiger partial charge in [0.05, 0.1) is 12.5 Å². The molecule has 0 bridgehead atoms. The Bertz CT molecular complexity index is 871. The lowest BCUT2D eigenvalue weighted by molar-refractivity contribution is -0.155. The van der Waals surface area contributed by atoms with Crippen molar-refractivity contribution in [2.24, 2.45) is 11.8 Å². The molecule has 1 aliphatic rings. The van der Waals surface area contributed by atoms with Gasteiger partial charge in [-0.05, 0) is 47.7 Å². The largest absolute Gasteiger partial charge is 0.508 e. The third-order valence-corrected chi connectivity index (χ3v) is 5.70. The van der Waals surface area contributed by atoms with Crippen LogP contribution < -0.4 is 4.74 Å². The Kier molecular flexibility index (Phi) is 7.89. The number of likely N-dealkylation sites (tertiary alicyclic amines) is 1. The number of carbonyl (C=O) groups is 2. The van der Waals surface area contributed by atoms with Crippen LogP contribution in [0.1, 0.15) is 37.3 Å². The van der Waals surface area contributed by atoms with E-state index >= 15 is 0 Å². The number of hydrogen-bond donors (Lipinski definition) is 2. The summed E-state index contributed by atoms with van der Waals surface area (Å²) in [4.78, 5) is 25.5. The molecule has 0 aliphatic carbocycles. The van der Waals surface area contributed by atoms with Crippen LogP contribution in [0, 0.1) is 11.8 Å². The van der Waals surface area contributed by atoms with E-state index in [1.807, 2.05) is 35.2 Å². The Morgan fingerprint density at radius 3 is 2.65 bits per heavy atom. The molecule has 2 unspecified atom stereocenters. The zero-order valence-corrected chi connectivity index (χ0v) is 17.8. The maximum Gasteiger partial charge on any atom is 0.233 e. The Labute approximate surface area is 182 Å². The van der Waals surface area contributed by atoms with Crippen LogP contribution in [0.25, 0.3) is 0 Å². The minimum Gasteiger partial charge on any atom is -0.508 e. The highest BCUT2D eigenvalue weighted by atomic mass is 16.5. The van der Waals surface area contributed by atoms with Crippen molar-refractivity contribution in [2.75, 3.05) is 13.1 Å². The van der Waals surface area contributed by atoms with E-state index in [1.165, 1.54) is 0 Å². The highest BCUT2D eigenvalue weighted by Gasteiger charge is 2.40. The highest BCUT2D eigenvalue weighted by Crippen LogP contribution is 2.31. The summed E-state index contributed by atoms with van der Waals surface area (Å²) < 4.78 is 5.77. The average Bonchev–Trinajstić information content (AvgIpc) is 3.06. The standard InChI is InChI=1S/C24H30N2O5/c1-2-3-6-20-14-25(24(29)23(20)15-26(30)17-27)13-18-8-10-22(11-9-18)31-16-19-5-4-7-21(28)12-19/h4-5,7-12,17,20,23,28,30H,2-3,6,13-16H2,1H3. The van der Waals surface area contributed by atoms with Crippen molar-refractivity contribution in [1.29, 1.82) is 0 Å². The van der Waals surface area contributed by atoms with Gasteiger partial charge in [0.25, 0.3) is 0 Å². The zero-order valence-electron chi connectivity index (χ0n) is 17.8. The van der Waals surface area contributed by atoms with E-state index in [0.29, 0.717) is 36.9 Å². The third kappa shape index (κ3) is 6.21. The first-order chi connectivity index (χ1) is 15.0. The highest BCUT2D eigenvalue weighted by molar-refractivity contribution is 5.81. The maximum atomic E-state index is 12.9. The van der Waals surface area contributed by atoms with Gasteiger partial charge < -0.3 is 14.7 Å². The van der Waals surface area contributed by atoms with E-state index in [9.17, 15) is 19.9 Å². The van der Waals surface area contributed by atoms with Crippen LogP contribution in [0.4, 0.5) is 0 Å². The zero-order chi connectivity index (χ0) is 22.2. The molecule has 7 heteroatoms. The van der Waals surface area contributed by atoms with Crippen molar-refractivity contribution < 1.29 is 24.6 Å². The molecule has 3 rings (SSSR count). The van der Waals surface area contributed by atoms with E-state index in [0.717, 1.165) is 30.4 Å². The van der Waals surface area contributed by atoms with Gasteiger partial charge in [-0.1, -0.05) is 44.0 Å². The van der Waals surface area contributed by atoms with Crippen LogP contribution in [-0.2, 0) is 22.7 Å². The molecule has 2 aromatic rings. The number of ether oxygens (including phenoxy) is 1. The summed E-state index contributed by atoms with van der Waals surface area (Å²) in [6.45, 7) is 3.61. The Morgan fingerprint density at radius 1 is 1.19 bits per heavy atom. The molecular formula is C24H30N2O5. The molecule has 2 aromatic carbocycles. The Hall–Kier alpha value is -3.06. The summed E-state index contributed by atoms with van der Waals surface area (Å²) in [6, 6.07) is 14.5. The second-order valence-corrected chi connectivity index (χ2v) is 8.06. The van der Waals surface area contributed by atoms with Crippen molar-refractivity contribution in [3.05, 3.63) is 59.7 Å². The molecule has 0 saturated carbocycles. The molecule has 0 aromatic heterocycles. The van der Waals surface area contributed by atoms with Gasteiger partial charge in [-0.25, -0.2) is 5.06 Å². The fourth-order valence-corrected chi connectivity index (χ4v) is 4.03. The normalized spacial score (nSPS) is 18.3. The van der Waals surface area contributed by atoms with Crippen LogP contribution in [0.3, 0.4) is 0 Å². The van der Waals surface area contributed by atoms with Crippen molar-refractivity contribution in [2.45, 2.75) is 39.3 Å². The number of rotatable bonds is 11. The lowest BCUT2D eigenvalue weighted by Crippen LogP contribution is -2.33. The SMILES string of the molecule is CCCCC1CN(Cc2ccc(OCc3cccc(O)c3)cc2)C(=O)C1CN(O)C=O. The number of hydrogen-bond acceptors (Lipinski definition) is 5. The number of unbranched alkanes of at least 4 members (excludes halogenated alkanes) is 1. The van der Waals surface area contributed by atoms with Crippen LogP contribution in [0.5, 0.6) is 11.5 Å². The monoisotopic (exact) mass is 426 g/mol. The van der Waals surface area contributed by atoms with Gasteiger partial charge in [0.2, 0.25) is 12.3 Å². The van der Waals surface area contributed by atoms with Crippen molar-refractivity contribution in [3.8, 4) is 11.5 Å². The van der Waals surface area contributed by atoms with Gasteiger partial charge in [0, 0.05) is 13.1 Å². The van der Waals surface area contributed by atoms with Gasteiger partial charge in [-0.15, -0.1) is 0 Å². The number of amides is 2.